The molecule has 1 atom stereocenters. The van der Waals surface area contributed by atoms with Crippen LogP contribution in [-0.2, 0) is 0 Å². The highest BCUT2D eigenvalue weighted by atomic mass is 16.2. The second-order valence-corrected chi connectivity index (χ2v) is 5.00. The fourth-order valence-electron chi connectivity index (χ4n) is 2.23. The predicted molar refractivity (Wildman–Crippen MR) is 71.4 cm³/mol. The van der Waals surface area contributed by atoms with E-state index in [4.69, 9.17) is 5.73 Å². The van der Waals surface area contributed by atoms with Gasteiger partial charge in [-0.1, -0.05) is 0 Å². The number of aromatic nitrogens is 1. The first-order valence-electron chi connectivity index (χ1n) is 6.21. The number of aryl methyl sites for hydroxylation is 1. The number of likely N-dealkylation sites (N-methyl/N-ethyl adjacent to an activating group) is 1. The maximum absolute atomic E-state index is 12.4. The summed E-state index contributed by atoms with van der Waals surface area (Å²) in [5.41, 5.74) is 7.10. The molecule has 98 valence electrons. The van der Waals surface area contributed by atoms with E-state index in [1.807, 2.05) is 11.8 Å². The molecule has 18 heavy (non-hydrogen) atoms. The van der Waals surface area contributed by atoms with Crippen LogP contribution in [0.25, 0.3) is 0 Å². The zero-order valence-corrected chi connectivity index (χ0v) is 11.2. The molecule has 0 saturated carbocycles. The summed E-state index contributed by atoms with van der Waals surface area (Å²) in [7, 11) is 2.08. The molecule has 1 saturated heterocycles. The van der Waals surface area contributed by atoms with Gasteiger partial charge in [-0.25, -0.2) is 4.98 Å². The van der Waals surface area contributed by atoms with E-state index in [2.05, 4.69) is 23.9 Å². The first-order valence-corrected chi connectivity index (χ1v) is 6.21. The third-order valence-electron chi connectivity index (χ3n) is 3.47. The van der Waals surface area contributed by atoms with Gasteiger partial charge in [0.25, 0.3) is 5.91 Å². The second kappa shape index (κ2) is 4.94. The standard InChI is InChI=1S/C13H20N4O/c1-9-6-11(7-12(14)15-9)13(18)17-5-4-16(3)10(2)8-17/h6-7,10H,4-5,8H2,1-3H3,(H2,14,15). The Labute approximate surface area is 108 Å². The number of carbonyl (C=O) groups is 1. The summed E-state index contributed by atoms with van der Waals surface area (Å²) in [4.78, 5) is 20.6. The Morgan fingerprint density at radius 2 is 2.17 bits per heavy atom. The summed E-state index contributed by atoms with van der Waals surface area (Å²) in [6.45, 7) is 6.41. The lowest BCUT2D eigenvalue weighted by Gasteiger charge is -2.37. The van der Waals surface area contributed by atoms with Crippen molar-refractivity contribution in [3.63, 3.8) is 0 Å². The van der Waals surface area contributed by atoms with E-state index < -0.39 is 0 Å². The lowest BCUT2D eigenvalue weighted by Crippen LogP contribution is -2.52. The van der Waals surface area contributed by atoms with E-state index in [0.717, 1.165) is 25.3 Å². The molecule has 1 aromatic heterocycles. The number of anilines is 1. The quantitative estimate of drug-likeness (QED) is 0.796. The molecule has 1 fully saturated rings. The van der Waals surface area contributed by atoms with Crippen LogP contribution < -0.4 is 5.73 Å². The number of piperazine rings is 1. The third kappa shape index (κ3) is 2.61. The first kappa shape index (κ1) is 12.8. The van der Waals surface area contributed by atoms with Crippen molar-refractivity contribution in [3.8, 4) is 0 Å². The van der Waals surface area contributed by atoms with Crippen LogP contribution in [0.5, 0.6) is 0 Å². The van der Waals surface area contributed by atoms with Crippen molar-refractivity contribution >= 4 is 11.7 Å². The largest absolute Gasteiger partial charge is 0.384 e. The minimum Gasteiger partial charge on any atom is -0.384 e. The molecule has 1 aliphatic heterocycles. The Balaban J connectivity index is 2.16. The minimum absolute atomic E-state index is 0.0483. The molecule has 0 spiro atoms. The number of rotatable bonds is 1. The normalized spacial score (nSPS) is 21.1. The molecule has 1 amide bonds. The number of carbonyl (C=O) groups excluding carboxylic acids is 1. The van der Waals surface area contributed by atoms with Crippen molar-refractivity contribution in [1.82, 2.24) is 14.8 Å². The third-order valence-corrected chi connectivity index (χ3v) is 3.47. The highest BCUT2D eigenvalue weighted by molar-refractivity contribution is 5.95. The van der Waals surface area contributed by atoms with Crippen molar-refractivity contribution in [2.45, 2.75) is 19.9 Å². The van der Waals surface area contributed by atoms with Gasteiger partial charge in [0.1, 0.15) is 5.82 Å². The molecule has 0 bridgehead atoms. The van der Waals surface area contributed by atoms with Crippen LogP contribution >= 0.6 is 0 Å². The van der Waals surface area contributed by atoms with Crippen LogP contribution in [0.3, 0.4) is 0 Å². The average molecular weight is 248 g/mol. The Hall–Kier alpha value is -1.62. The molecular weight excluding hydrogens is 228 g/mol. The van der Waals surface area contributed by atoms with Gasteiger partial charge in [0.05, 0.1) is 0 Å². The molecule has 2 N–H and O–H groups in total. The summed E-state index contributed by atoms with van der Waals surface area (Å²) in [5.74, 6) is 0.452. The fraction of sp³-hybridized carbons (Fsp3) is 0.538. The summed E-state index contributed by atoms with van der Waals surface area (Å²) < 4.78 is 0. The number of nitrogens with two attached hydrogens (primary N) is 1. The maximum atomic E-state index is 12.4. The van der Waals surface area contributed by atoms with Gasteiger partial charge in [-0.15, -0.1) is 0 Å². The lowest BCUT2D eigenvalue weighted by atomic mass is 10.1. The molecule has 1 aliphatic rings. The van der Waals surface area contributed by atoms with Gasteiger partial charge in [-0.2, -0.15) is 0 Å². The van der Waals surface area contributed by atoms with Crippen LogP contribution in [-0.4, -0.2) is 53.4 Å². The Bertz CT molecular complexity index is 440. The number of pyridine rings is 1. The first-order chi connectivity index (χ1) is 8.47. The predicted octanol–water partition coefficient (Wildman–Crippen LogP) is 0.748. The number of nitrogen functional groups attached to an aromatic ring is 1. The minimum atomic E-state index is 0.0483. The Morgan fingerprint density at radius 3 is 2.78 bits per heavy atom. The molecular formula is C13H20N4O. The SMILES string of the molecule is Cc1cc(C(=O)N2CCN(C)C(C)C2)cc(N)n1. The highest BCUT2D eigenvalue weighted by Gasteiger charge is 2.25. The molecule has 0 aromatic carbocycles. The molecule has 0 aliphatic carbocycles. The van der Waals surface area contributed by atoms with Gasteiger partial charge in [-0.3, -0.25) is 4.79 Å². The van der Waals surface area contributed by atoms with Gasteiger partial charge in [0.2, 0.25) is 0 Å². The van der Waals surface area contributed by atoms with Crippen LogP contribution in [0.15, 0.2) is 12.1 Å². The summed E-state index contributed by atoms with van der Waals surface area (Å²) in [6.07, 6.45) is 0. The van der Waals surface area contributed by atoms with E-state index in [9.17, 15) is 4.79 Å². The Kier molecular flexibility index (Phi) is 3.52. The zero-order valence-electron chi connectivity index (χ0n) is 11.2. The summed E-state index contributed by atoms with van der Waals surface area (Å²) >= 11 is 0. The number of nitrogens with zero attached hydrogens (tertiary/aromatic N) is 3. The molecule has 2 heterocycles. The summed E-state index contributed by atoms with van der Waals surface area (Å²) in [5, 5.41) is 0. The number of hydrogen-bond acceptors (Lipinski definition) is 4. The van der Waals surface area contributed by atoms with E-state index >= 15 is 0 Å². The summed E-state index contributed by atoms with van der Waals surface area (Å²) in [6, 6.07) is 3.84. The van der Waals surface area contributed by atoms with Gasteiger partial charge in [-0.05, 0) is 33.0 Å². The number of hydrogen-bond donors (Lipinski definition) is 1. The van der Waals surface area contributed by atoms with Crippen LogP contribution in [0.1, 0.15) is 23.0 Å². The van der Waals surface area contributed by atoms with E-state index in [1.54, 1.807) is 12.1 Å². The van der Waals surface area contributed by atoms with Crippen molar-refractivity contribution in [2.75, 3.05) is 32.4 Å². The Morgan fingerprint density at radius 1 is 1.44 bits per heavy atom. The van der Waals surface area contributed by atoms with Gasteiger partial charge < -0.3 is 15.5 Å². The van der Waals surface area contributed by atoms with E-state index in [1.165, 1.54) is 0 Å². The van der Waals surface area contributed by atoms with E-state index in [-0.39, 0.29) is 5.91 Å². The molecule has 1 aromatic rings. The molecule has 0 radical (unpaired) electrons. The highest BCUT2D eigenvalue weighted by Crippen LogP contribution is 2.14. The van der Waals surface area contributed by atoms with E-state index in [0.29, 0.717) is 17.4 Å². The molecule has 2 rings (SSSR count). The lowest BCUT2D eigenvalue weighted by molar-refractivity contribution is 0.0572. The second-order valence-electron chi connectivity index (χ2n) is 5.00. The smallest absolute Gasteiger partial charge is 0.254 e. The molecule has 5 heteroatoms. The van der Waals surface area contributed by atoms with Gasteiger partial charge in [0, 0.05) is 36.9 Å². The van der Waals surface area contributed by atoms with Crippen LogP contribution in [0.2, 0.25) is 0 Å². The molecule has 1 unspecified atom stereocenters. The van der Waals surface area contributed by atoms with Crippen molar-refractivity contribution in [2.24, 2.45) is 0 Å². The number of amides is 1. The van der Waals surface area contributed by atoms with Crippen molar-refractivity contribution in [1.29, 1.82) is 0 Å². The topological polar surface area (TPSA) is 62.5 Å². The van der Waals surface area contributed by atoms with Crippen LogP contribution in [0.4, 0.5) is 5.82 Å². The van der Waals surface area contributed by atoms with Crippen molar-refractivity contribution < 1.29 is 4.79 Å². The van der Waals surface area contributed by atoms with Crippen molar-refractivity contribution in [3.05, 3.63) is 23.4 Å². The molecule has 5 nitrogen and oxygen atoms in total. The average Bonchev–Trinajstić information content (AvgIpc) is 2.30. The van der Waals surface area contributed by atoms with Gasteiger partial charge >= 0.3 is 0 Å². The van der Waals surface area contributed by atoms with Crippen LogP contribution in [0, 0.1) is 6.92 Å². The van der Waals surface area contributed by atoms with Gasteiger partial charge in [0.15, 0.2) is 0 Å². The zero-order chi connectivity index (χ0) is 13.3. The monoisotopic (exact) mass is 248 g/mol. The fourth-order valence-corrected chi connectivity index (χ4v) is 2.23. The maximum Gasteiger partial charge on any atom is 0.254 e.